The normalized spacial score (nSPS) is 16.9. The fraction of sp³-hybridized carbons (Fsp3) is 0.333. The van der Waals surface area contributed by atoms with Crippen LogP contribution in [0.2, 0.25) is 5.02 Å². The first-order valence-electron chi connectivity index (χ1n) is 12.0. The van der Waals surface area contributed by atoms with Crippen LogP contribution in [0.15, 0.2) is 67.0 Å². The van der Waals surface area contributed by atoms with Crippen LogP contribution in [-0.4, -0.2) is 52.9 Å². The molecule has 1 saturated carbocycles. The minimum atomic E-state index is -0.521. The Morgan fingerprint density at radius 3 is 2.29 bits per heavy atom. The number of anilines is 2. The summed E-state index contributed by atoms with van der Waals surface area (Å²) in [6.45, 7) is 2.73. The van der Waals surface area contributed by atoms with E-state index in [9.17, 15) is 9.59 Å². The molecule has 8 heteroatoms. The molecular formula is C27H28ClN5O2. The number of piperazine rings is 1. The summed E-state index contributed by atoms with van der Waals surface area (Å²) in [7, 11) is 0. The highest BCUT2D eigenvalue weighted by Gasteiger charge is 2.45. The molecule has 180 valence electrons. The highest BCUT2D eigenvalue weighted by molar-refractivity contribution is 6.30. The van der Waals surface area contributed by atoms with Crippen LogP contribution in [-0.2, 0) is 21.4 Å². The molecule has 35 heavy (non-hydrogen) atoms. The van der Waals surface area contributed by atoms with E-state index in [-0.39, 0.29) is 11.8 Å². The summed E-state index contributed by atoms with van der Waals surface area (Å²) in [5.74, 6) is 0.802. The van der Waals surface area contributed by atoms with Crippen molar-refractivity contribution in [1.29, 1.82) is 0 Å². The molecule has 5 rings (SSSR count). The Hall–Kier alpha value is -3.45. The average Bonchev–Trinajstić information content (AvgIpc) is 2.85. The van der Waals surface area contributed by atoms with E-state index >= 15 is 0 Å². The van der Waals surface area contributed by atoms with Crippen LogP contribution in [0.25, 0.3) is 0 Å². The van der Waals surface area contributed by atoms with Gasteiger partial charge in [0, 0.05) is 49.3 Å². The van der Waals surface area contributed by atoms with Crippen LogP contribution in [0.3, 0.4) is 0 Å². The van der Waals surface area contributed by atoms with Crippen LogP contribution >= 0.6 is 11.6 Å². The maximum absolute atomic E-state index is 13.2. The van der Waals surface area contributed by atoms with E-state index in [4.69, 9.17) is 11.6 Å². The Balaban J connectivity index is 1.16. The van der Waals surface area contributed by atoms with Gasteiger partial charge in [0.05, 0.1) is 11.8 Å². The highest BCUT2D eigenvalue weighted by Crippen LogP contribution is 2.45. The van der Waals surface area contributed by atoms with Crippen LogP contribution in [0.4, 0.5) is 11.6 Å². The molecular weight excluding hydrogens is 462 g/mol. The predicted octanol–water partition coefficient (Wildman–Crippen LogP) is 4.08. The Kier molecular flexibility index (Phi) is 6.68. The topological polar surface area (TPSA) is 78.4 Å². The van der Waals surface area contributed by atoms with Gasteiger partial charge in [-0.3, -0.25) is 9.59 Å². The second kappa shape index (κ2) is 10.0. The van der Waals surface area contributed by atoms with Gasteiger partial charge in [-0.15, -0.1) is 0 Å². The zero-order chi connectivity index (χ0) is 24.3. The average molecular weight is 490 g/mol. The summed E-state index contributed by atoms with van der Waals surface area (Å²) in [5, 5.41) is 3.72. The fourth-order valence-electron chi connectivity index (χ4n) is 4.82. The summed E-state index contributed by atoms with van der Waals surface area (Å²) in [6.07, 6.45) is 6.45. The van der Waals surface area contributed by atoms with Gasteiger partial charge in [-0.2, -0.15) is 0 Å². The lowest BCUT2D eigenvalue weighted by Crippen LogP contribution is -2.49. The first kappa shape index (κ1) is 23.3. The van der Waals surface area contributed by atoms with Gasteiger partial charge in [0.2, 0.25) is 17.8 Å². The molecule has 0 radical (unpaired) electrons. The van der Waals surface area contributed by atoms with Gasteiger partial charge in [-0.25, -0.2) is 9.97 Å². The van der Waals surface area contributed by atoms with Crippen molar-refractivity contribution >= 4 is 35.1 Å². The molecule has 2 amide bonds. The fourth-order valence-corrected chi connectivity index (χ4v) is 5.01. The van der Waals surface area contributed by atoms with Crippen molar-refractivity contribution < 1.29 is 9.59 Å². The van der Waals surface area contributed by atoms with Crippen molar-refractivity contribution in [3.05, 3.63) is 83.1 Å². The molecule has 0 unspecified atom stereocenters. The van der Waals surface area contributed by atoms with E-state index in [1.807, 2.05) is 53.4 Å². The number of benzene rings is 2. The summed E-state index contributed by atoms with van der Waals surface area (Å²) in [6, 6.07) is 16.9. The second-order valence-corrected chi connectivity index (χ2v) is 9.63. The van der Waals surface area contributed by atoms with Crippen molar-refractivity contribution in [2.75, 3.05) is 36.4 Å². The standard InChI is InChI=1S/C27H28ClN5O2/c28-22-5-1-4-21(19-22)27(10-2-11-27)25(35)31-23-8-6-20(7-9-23)18-24(34)32-14-16-33(17-15-32)26-29-12-3-13-30-26/h1,3-9,12-13,19H,2,10-11,14-18H2,(H,31,35). The van der Waals surface area contributed by atoms with Crippen molar-refractivity contribution in [3.8, 4) is 0 Å². The summed E-state index contributed by atoms with van der Waals surface area (Å²) < 4.78 is 0. The number of nitrogens with one attached hydrogen (secondary N) is 1. The molecule has 3 aromatic rings. The molecule has 2 aliphatic rings. The lowest BCUT2D eigenvalue weighted by atomic mass is 9.64. The molecule has 2 aromatic carbocycles. The first-order chi connectivity index (χ1) is 17.0. The zero-order valence-corrected chi connectivity index (χ0v) is 20.2. The lowest BCUT2D eigenvalue weighted by Gasteiger charge is -2.40. The number of amides is 2. The SMILES string of the molecule is O=C(Cc1ccc(NC(=O)C2(c3cccc(Cl)c3)CCC2)cc1)N1CCN(c2ncccn2)CC1. The van der Waals surface area contributed by atoms with E-state index in [1.54, 1.807) is 18.5 Å². The second-order valence-electron chi connectivity index (χ2n) is 9.19. The van der Waals surface area contributed by atoms with E-state index < -0.39 is 5.41 Å². The number of hydrogen-bond donors (Lipinski definition) is 1. The zero-order valence-electron chi connectivity index (χ0n) is 19.5. The molecule has 0 bridgehead atoms. The van der Waals surface area contributed by atoms with Crippen LogP contribution < -0.4 is 10.2 Å². The van der Waals surface area contributed by atoms with E-state index in [2.05, 4.69) is 20.2 Å². The molecule has 1 aliphatic carbocycles. The van der Waals surface area contributed by atoms with Gasteiger partial charge in [0.15, 0.2) is 0 Å². The van der Waals surface area contributed by atoms with Gasteiger partial charge in [0.1, 0.15) is 0 Å². The maximum Gasteiger partial charge on any atom is 0.235 e. The monoisotopic (exact) mass is 489 g/mol. The summed E-state index contributed by atoms with van der Waals surface area (Å²) in [4.78, 5) is 38.6. The number of aromatic nitrogens is 2. The molecule has 7 nitrogen and oxygen atoms in total. The van der Waals surface area contributed by atoms with E-state index in [1.165, 1.54) is 0 Å². The van der Waals surface area contributed by atoms with E-state index in [0.29, 0.717) is 30.5 Å². The van der Waals surface area contributed by atoms with Gasteiger partial charge in [-0.05, 0) is 54.3 Å². The lowest BCUT2D eigenvalue weighted by molar-refractivity contribution is -0.130. The Labute approximate surface area is 210 Å². The smallest absolute Gasteiger partial charge is 0.235 e. The third kappa shape index (κ3) is 5.00. The molecule has 1 saturated heterocycles. The Morgan fingerprint density at radius 2 is 1.66 bits per heavy atom. The summed E-state index contributed by atoms with van der Waals surface area (Å²) >= 11 is 6.18. The van der Waals surface area contributed by atoms with Crippen molar-refractivity contribution in [2.45, 2.75) is 31.1 Å². The minimum Gasteiger partial charge on any atom is -0.339 e. The minimum absolute atomic E-state index is 0.00453. The summed E-state index contributed by atoms with van der Waals surface area (Å²) in [5.41, 5.74) is 2.10. The Bertz CT molecular complexity index is 1190. The molecule has 0 spiro atoms. The number of carbonyl (C=O) groups is 2. The largest absolute Gasteiger partial charge is 0.339 e. The third-order valence-corrected chi connectivity index (χ3v) is 7.29. The van der Waals surface area contributed by atoms with Gasteiger partial charge in [-0.1, -0.05) is 42.3 Å². The number of hydrogen-bond acceptors (Lipinski definition) is 5. The molecule has 1 N–H and O–H groups in total. The number of nitrogens with zero attached hydrogens (tertiary/aromatic N) is 4. The maximum atomic E-state index is 13.2. The van der Waals surface area contributed by atoms with E-state index in [0.717, 1.165) is 49.2 Å². The molecule has 2 fully saturated rings. The first-order valence-corrected chi connectivity index (χ1v) is 12.4. The van der Waals surface area contributed by atoms with Crippen LogP contribution in [0.5, 0.6) is 0 Å². The molecule has 1 aromatic heterocycles. The number of halogens is 1. The molecule has 0 atom stereocenters. The predicted molar refractivity (Wildman–Crippen MR) is 137 cm³/mol. The van der Waals surface area contributed by atoms with Crippen LogP contribution in [0, 0.1) is 0 Å². The van der Waals surface area contributed by atoms with Gasteiger partial charge in [0.25, 0.3) is 0 Å². The third-order valence-electron chi connectivity index (χ3n) is 7.05. The Morgan fingerprint density at radius 1 is 0.943 bits per heavy atom. The van der Waals surface area contributed by atoms with Crippen molar-refractivity contribution in [1.82, 2.24) is 14.9 Å². The van der Waals surface area contributed by atoms with Crippen molar-refractivity contribution in [2.24, 2.45) is 0 Å². The van der Waals surface area contributed by atoms with Gasteiger partial charge >= 0.3 is 0 Å². The quantitative estimate of drug-likeness (QED) is 0.564. The van der Waals surface area contributed by atoms with Crippen molar-refractivity contribution in [3.63, 3.8) is 0 Å². The number of rotatable bonds is 6. The van der Waals surface area contributed by atoms with Crippen LogP contribution in [0.1, 0.15) is 30.4 Å². The molecule has 1 aliphatic heterocycles. The number of carbonyl (C=O) groups excluding carboxylic acids is 2. The molecule has 2 heterocycles. The van der Waals surface area contributed by atoms with Gasteiger partial charge < -0.3 is 15.1 Å². The highest BCUT2D eigenvalue weighted by atomic mass is 35.5.